The Morgan fingerprint density at radius 1 is 1.19 bits per heavy atom. The van der Waals surface area contributed by atoms with Crippen LogP contribution in [0, 0.1) is 12.3 Å². The van der Waals surface area contributed by atoms with Gasteiger partial charge in [0.05, 0.1) is 20.8 Å². The Kier molecular flexibility index (Phi) is 9.00. The van der Waals surface area contributed by atoms with Gasteiger partial charge in [0.2, 0.25) is 5.91 Å². The molecule has 164 valence electrons. The number of methoxy groups -OCH3 is 2. The number of carbonyl (C=O) groups excluding carboxylic acids is 1. The first kappa shape index (κ1) is 24.3. The smallest absolute Gasteiger partial charge is 0.243 e. The Morgan fingerprint density at radius 3 is 2.55 bits per heavy atom. The molecule has 2 N–H and O–H groups in total. The number of ether oxygens (including phenoxy) is 2. The molecular formula is C23H27IN4O3. The summed E-state index contributed by atoms with van der Waals surface area (Å²) in [5.41, 5.74) is 3.76. The molecule has 0 fully saturated rings. The zero-order valence-electron chi connectivity index (χ0n) is 17.9. The first-order chi connectivity index (χ1) is 14.6. The third kappa shape index (κ3) is 6.04. The van der Waals surface area contributed by atoms with Gasteiger partial charge >= 0.3 is 0 Å². The molecule has 2 aromatic carbocycles. The van der Waals surface area contributed by atoms with E-state index in [0.29, 0.717) is 23.9 Å². The van der Waals surface area contributed by atoms with Crippen LogP contribution >= 0.6 is 24.0 Å². The lowest BCUT2D eigenvalue weighted by molar-refractivity contribution is -0.115. The van der Waals surface area contributed by atoms with E-state index in [2.05, 4.69) is 26.4 Å². The number of benzene rings is 2. The van der Waals surface area contributed by atoms with Crippen LogP contribution in [0.3, 0.4) is 0 Å². The van der Waals surface area contributed by atoms with Crippen molar-refractivity contribution in [1.82, 2.24) is 10.2 Å². The largest absolute Gasteiger partial charge is 0.493 e. The molecule has 0 atom stereocenters. The summed E-state index contributed by atoms with van der Waals surface area (Å²) in [6, 6.07) is 11.2. The number of hydrogen-bond acceptors (Lipinski definition) is 4. The summed E-state index contributed by atoms with van der Waals surface area (Å²) in [4.78, 5) is 18.8. The molecule has 0 unspecified atom stereocenters. The summed E-state index contributed by atoms with van der Waals surface area (Å²) in [6.45, 7) is 1.55. The van der Waals surface area contributed by atoms with E-state index in [9.17, 15) is 4.79 Å². The van der Waals surface area contributed by atoms with Crippen LogP contribution in [0.25, 0.3) is 0 Å². The first-order valence-electron chi connectivity index (χ1n) is 9.63. The summed E-state index contributed by atoms with van der Waals surface area (Å²) in [5.74, 6) is 4.49. The maximum atomic E-state index is 12.3. The summed E-state index contributed by atoms with van der Waals surface area (Å²) in [6.07, 6.45) is 6.25. The molecule has 0 aromatic heterocycles. The summed E-state index contributed by atoms with van der Waals surface area (Å²) < 4.78 is 10.8. The molecule has 0 radical (unpaired) electrons. The second kappa shape index (κ2) is 11.5. The van der Waals surface area contributed by atoms with Gasteiger partial charge in [0, 0.05) is 31.4 Å². The van der Waals surface area contributed by atoms with Crippen LogP contribution in [-0.4, -0.2) is 51.1 Å². The molecule has 0 aliphatic carbocycles. The molecule has 1 aliphatic rings. The zero-order chi connectivity index (χ0) is 21.5. The van der Waals surface area contributed by atoms with E-state index in [4.69, 9.17) is 15.9 Å². The van der Waals surface area contributed by atoms with Crippen LogP contribution in [0.4, 0.5) is 5.69 Å². The van der Waals surface area contributed by atoms with Crippen LogP contribution in [-0.2, 0) is 17.8 Å². The van der Waals surface area contributed by atoms with Gasteiger partial charge in [-0.3, -0.25) is 9.79 Å². The second-order valence-corrected chi connectivity index (χ2v) is 6.82. The molecule has 7 nitrogen and oxygen atoms in total. The quantitative estimate of drug-likeness (QED) is 0.267. The molecule has 0 bridgehead atoms. The molecule has 1 amide bonds. The lowest BCUT2D eigenvalue weighted by Gasteiger charge is -2.32. The number of aliphatic imine (C=N–C) groups is 1. The van der Waals surface area contributed by atoms with E-state index in [1.54, 1.807) is 33.4 Å². The summed E-state index contributed by atoms with van der Waals surface area (Å²) in [5, 5.41) is 5.98. The lowest BCUT2D eigenvalue weighted by Crippen LogP contribution is -2.46. The number of fused-ring (bicyclic) bond motifs is 1. The fourth-order valence-corrected chi connectivity index (χ4v) is 3.45. The van der Waals surface area contributed by atoms with Crippen LogP contribution in [0.2, 0.25) is 0 Å². The summed E-state index contributed by atoms with van der Waals surface area (Å²) in [7, 11) is 4.98. The van der Waals surface area contributed by atoms with Crippen molar-refractivity contribution in [2.24, 2.45) is 4.99 Å². The third-order valence-electron chi connectivity index (χ3n) is 4.95. The van der Waals surface area contributed by atoms with Crippen molar-refractivity contribution in [2.45, 2.75) is 13.0 Å². The van der Waals surface area contributed by atoms with Crippen LogP contribution in [0.5, 0.6) is 11.5 Å². The number of guanidine groups is 1. The highest BCUT2D eigenvalue weighted by Crippen LogP contribution is 2.33. The molecule has 0 saturated carbocycles. The van der Waals surface area contributed by atoms with Crippen molar-refractivity contribution in [1.29, 1.82) is 0 Å². The van der Waals surface area contributed by atoms with Gasteiger partial charge in [-0.2, -0.15) is 0 Å². The van der Waals surface area contributed by atoms with E-state index in [0.717, 1.165) is 29.8 Å². The Bertz CT molecular complexity index is 1000. The van der Waals surface area contributed by atoms with E-state index in [1.165, 1.54) is 5.56 Å². The number of nitrogens with zero attached hydrogens (tertiary/aromatic N) is 2. The predicted molar refractivity (Wildman–Crippen MR) is 133 cm³/mol. The Labute approximate surface area is 200 Å². The van der Waals surface area contributed by atoms with Gasteiger partial charge in [-0.25, -0.2) is 0 Å². The van der Waals surface area contributed by atoms with Gasteiger partial charge < -0.3 is 25.0 Å². The van der Waals surface area contributed by atoms with Gasteiger partial charge in [-0.15, -0.1) is 30.4 Å². The Balaban J connectivity index is 0.00000341. The number of anilines is 1. The first-order valence-corrected chi connectivity index (χ1v) is 9.63. The maximum Gasteiger partial charge on any atom is 0.243 e. The molecule has 8 heteroatoms. The Hall–Kier alpha value is -2.93. The highest BCUT2D eigenvalue weighted by molar-refractivity contribution is 14.0. The van der Waals surface area contributed by atoms with E-state index in [-0.39, 0.29) is 36.4 Å². The number of nitrogens with one attached hydrogen (secondary N) is 2. The minimum Gasteiger partial charge on any atom is -0.493 e. The van der Waals surface area contributed by atoms with Gasteiger partial charge in [0.25, 0.3) is 0 Å². The van der Waals surface area contributed by atoms with Crippen molar-refractivity contribution in [3.63, 3.8) is 0 Å². The normalized spacial score (nSPS) is 12.7. The average molecular weight is 534 g/mol. The average Bonchev–Trinajstić information content (AvgIpc) is 2.78. The van der Waals surface area contributed by atoms with Crippen molar-refractivity contribution in [3.05, 3.63) is 53.1 Å². The number of amides is 1. The van der Waals surface area contributed by atoms with Crippen LogP contribution < -0.4 is 20.1 Å². The summed E-state index contributed by atoms with van der Waals surface area (Å²) >= 11 is 0. The number of halogens is 1. The minimum atomic E-state index is -0.172. The second-order valence-electron chi connectivity index (χ2n) is 6.82. The van der Waals surface area contributed by atoms with Crippen LogP contribution in [0.15, 0.2) is 41.4 Å². The molecular weight excluding hydrogens is 507 g/mol. The minimum absolute atomic E-state index is 0. The topological polar surface area (TPSA) is 75.2 Å². The monoisotopic (exact) mass is 534 g/mol. The lowest BCUT2D eigenvalue weighted by atomic mass is 9.99. The molecule has 1 heterocycles. The molecule has 31 heavy (non-hydrogen) atoms. The number of rotatable bonds is 5. The number of carbonyl (C=O) groups is 1. The number of terminal acetylenes is 1. The fraction of sp³-hybridized carbons (Fsp3) is 0.304. The molecule has 1 aliphatic heterocycles. The highest BCUT2D eigenvalue weighted by atomic mass is 127. The van der Waals surface area contributed by atoms with E-state index >= 15 is 0 Å². The molecule has 2 aromatic rings. The SMILES string of the molecule is C#Cc1cccc(NC(=O)CNC(=NC)N2CCc3cc(OC)c(OC)cc3C2)c1.I. The van der Waals surface area contributed by atoms with Gasteiger partial charge in [-0.05, 0) is 47.9 Å². The van der Waals surface area contributed by atoms with Crippen molar-refractivity contribution >= 4 is 41.5 Å². The van der Waals surface area contributed by atoms with E-state index in [1.807, 2.05) is 24.3 Å². The maximum absolute atomic E-state index is 12.3. The van der Waals surface area contributed by atoms with Gasteiger partial charge in [-0.1, -0.05) is 12.0 Å². The third-order valence-corrected chi connectivity index (χ3v) is 4.95. The van der Waals surface area contributed by atoms with Gasteiger partial charge in [0.15, 0.2) is 17.5 Å². The Morgan fingerprint density at radius 2 is 1.90 bits per heavy atom. The molecule has 0 saturated heterocycles. The molecule has 3 rings (SSSR count). The number of hydrogen-bond donors (Lipinski definition) is 2. The van der Waals surface area contributed by atoms with Crippen LogP contribution in [0.1, 0.15) is 16.7 Å². The van der Waals surface area contributed by atoms with Crippen molar-refractivity contribution in [2.75, 3.05) is 39.7 Å². The van der Waals surface area contributed by atoms with E-state index < -0.39 is 0 Å². The fourth-order valence-electron chi connectivity index (χ4n) is 3.45. The predicted octanol–water partition coefficient (Wildman–Crippen LogP) is 2.88. The standard InChI is InChI=1S/C23H26N4O3.HI/c1-5-16-7-6-8-19(11-16)26-22(28)14-25-23(24-2)27-10-9-17-12-20(29-3)21(30-4)13-18(17)15-27;/h1,6-8,11-13H,9-10,14-15H2,2-4H3,(H,24,25)(H,26,28);1H. The molecule has 0 spiro atoms. The van der Waals surface area contributed by atoms with Crippen molar-refractivity contribution < 1.29 is 14.3 Å². The van der Waals surface area contributed by atoms with Gasteiger partial charge in [0.1, 0.15) is 0 Å². The highest BCUT2D eigenvalue weighted by Gasteiger charge is 2.22. The van der Waals surface area contributed by atoms with Crippen molar-refractivity contribution in [3.8, 4) is 23.8 Å². The zero-order valence-corrected chi connectivity index (χ0v) is 20.2.